The van der Waals surface area contributed by atoms with Crippen molar-refractivity contribution in [2.75, 3.05) is 17.9 Å². The van der Waals surface area contributed by atoms with Gasteiger partial charge in [0.25, 0.3) is 10.0 Å². The zero-order chi connectivity index (χ0) is 26.0. The normalized spacial score (nSPS) is 14.6. The third kappa shape index (κ3) is 4.90. The second-order valence-corrected chi connectivity index (χ2v) is 11.3. The van der Waals surface area contributed by atoms with Crippen LogP contribution in [-0.4, -0.2) is 44.8 Å². The number of nitrogens with one attached hydrogen (secondary N) is 1. The van der Waals surface area contributed by atoms with Crippen molar-refractivity contribution in [3.8, 4) is 0 Å². The molecule has 0 radical (unpaired) electrons. The first-order chi connectivity index (χ1) is 17.2. The molecule has 0 spiro atoms. The van der Waals surface area contributed by atoms with Gasteiger partial charge in [-0.1, -0.05) is 60.5 Å². The van der Waals surface area contributed by atoms with Crippen LogP contribution in [0.4, 0.5) is 5.69 Å². The van der Waals surface area contributed by atoms with Gasteiger partial charge in [0.2, 0.25) is 11.8 Å². The van der Waals surface area contributed by atoms with Gasteiger partial charge in [0.05, 0.1) is 10.6 Å². The zero-order valence-corrected chi connectivity index (χ0v) is 22.3. The fraction of sp³-hybridized carbons (Fsp3) is 0.308. The Morgan fingerprint density at radius 1 is 1.08 bits per heavy atom. The monoisotopic (exact) mass is 547 g/mol. The predicted octanol–water partition coefficient (Wildman–Crippen LogP) is 4.99. The van der Waals surface area contributed by atoms with Gasteiger partial charge in [-0.3, -0.25) is 13.9 Å². The van der Waals surface area contributed by atoms with Crippen LogP contribution in [0.15, 0.2) is 59.5 Å². The van der Waals surface area contributed by atoms with E-state index in [0.717, 1.165) is 5.39 Å². The van der Waals surface area contributed by atoms with Crippen LogP contribution in [0.3, 0.4) is 0 Å². The number of sulfonamides is 1. The van der Waals surface area contributed by atoms with Crippen LogP contribution in [0.1, 0.15) is 31.7 Å². The van der Waals surface area contributed by atoms with Crippen LogP contribution in [0, 0.1) is 0 Å². The second-order valence-electron chi connectivity index (χ2n) is 8.61. The van der Waals surface area contributed by atoms with Crippen LogP contribution in [-0.2, 0) is 26.2 Å². The molecule has 0 saturated carbocycles. The molecular weight excluding hydrogens is 521 g/mol. The highest BCUT2D eigenvalue weighted by Crippen LogP contribution is 2.42. The molecule has 1 atom stereocenters. The SMILES string of the molecule is CC[C@H](C(=O)NC)N(Cc1ccc(Cl)cc1Cl)C(=O)CCCN1c2cccc3cccc(c23)S1(=O)=O. The number of hydrogen-bond donors (Lipinski definition) is 1. The zero-order valence-electron chi connectivity index (χ0n) is 20.0. The quantitative estimate of drug-likeness (QED) is 0.408. The first kappa shape index (κ1) is 26.3. The first-order valence-corrected chi connectivity index (χ1v) is 13.9. The topological polar surface area (TPSA) is 86.8 Å². The Bertz CT molecular complexity index is 1420. The van der Waals surface area contributed by atoms with Crippen LogP contribution in [0.5, 0.6) is 0 Å². The maximum Gasteiger partial charge on any atom is 0.265 e. The predicted molar refractivity (Wildman–Crippen MR) is 143 cm³/mol. The van der Waals surface area contributed by atoms with Gasteiger partial charge in [0.15, 0.2) is 0 Å². The molecule has 0 bridgehead atoms. The molecular formula is C26H27Cl2N3O4S. The van der Waals surface area contributed by atoms with Gasteiger partial charge in [-0.05, 0) is 48.1 Å². The van der Waals surface area contributed by atoms with Crippen molar-refractivity contribution < 1.29 is 18.0 Å². The number of halogens is 2. The Hall–Kier alpha value is -2.81. The van der Waals surface area contributed by atoms with Crippen molar-refractivity contribution in [1.29, 1.82) is 0 Å². The molecule has 0 aliphatic carbocycles. The van der Waals surface area contributed by atoms with Crippen molar-refractivity contribution in [2.45, 2.75) is 43.7 Å². The molecule has 7 nitrogen and oxygen atoms in total. The number of amides is 2. The summed E-state index contributed by atoms with van der Waals surface area (Å²) in [7, 11) is -2.17. The number of carbonyl (C=O) groups is 2. The minimum absolute atomic E-state index is 0.0665. The van der Waals surface area contributed by atoms with Crippen molar-refractivity contribution in [3.05, 3.63) is 70.2 Å². The number of anilines is 1. The van der Waals surface area contributed by atoms with E-state index in [1.165, 1.54) is 16.3 Å². The van der Waals surface area contributed by atoms with Crippen LogP contribution in [0.2, 0.25) is 10.0 Å². The van der Waals surface area contributed by atoms with Gasteiger partial charge in [-0.15, -0.1) is 0 Å². The lowest BCUT2D eigenvalue weighted by Gasteiger charge is -2.31. The van der Waals surface area contributed by atoms with Gasteiger partial charge in [0, 0.05) is 42.0 Å². The molecule has 4 rings (SSSR count). The maximum absolute atomic E-state index is 13.4. The van der Waals surface area contributed by atoms with Gasteiger partial charge in [0.1, 0.15) is 6.04 Å². The molecule has 1 aliphatic rings. The molecule has 3 aromatic rings. The smallest absolute Gasteiger partial charge is 0.265 e. The van der Waals surface area contributed by atoms with E-state index in [-0.39, 0.29) is 42.6 Å². The van der Waals surface area contributed by atoms with E-state index in [9.17, 15) is 18.0 Å². The van der Waals surface area contributed by atoms with Crippen molar-refractivity contribution in [2.24, 2.45) is 0 Å². The van der Waals surface area contributed by atoms with Crippen LogP contribution >= 0.6 is 23.2 Å². The van der Waals surface area contributed by atoms with Crippen molar-refractivity contribution in [3.63, 3.8) is 0 Å². The van der Waals surface area contributed by atoms with Gasteiger partial charge in [-0.2, -0.15) is 0 Å². The van der Waals surface area contributed by atoms with Gasteiger partial charge < -0.3 is 10.2 Å². The van der Waals surface area contributed by atoms with E-state index in [1.807, 2.05) is 25.1 Å². The lowest BCUT2D eigenvalue weighted by Crippen LogP contribution is -2.48. The van der Waals surface area contributed by atoms with E-state index in [2.05, 4.69) is 5.32 Å². The molecule has 1 aliphatic heterocycles. The number of benzene rings is 3. The highest BCUT2D eigenvalue weighted by atomic mass is 35.5. The fourth-order valence-corrected chi connectivity index (χ4v) is 6.85. The molecule has 0 unspecified atom stereocenters. The Morgan fingerprint density at radius 2 is 1.81 bits per heavy atom. The van der Waals surface area contributed by atoms with E-state index < -0.39 is 16.1 Å². The molecule has 0 saturated heterocycles. The molecule has 10 heteroatoms. The van der Waals surface area contributed by atoms with Gasteiger partial charge >= 0.3 is 0 Å². The summed E-state index contributed by atoms with van der Waals surface area (Å²) in [5.41, 5.74) is 1.29. The van der Waals surface area contributed by atoms with Crippen LogP contribution < -0.4 is 9.62 Å². The fourth-order valence-electron chi connectivity index (χ4n) is 4.64. The number of hydrogen-bond acceptors (Lipinski definition) is 4. The Balaban J connectivity index is 1.53. The summed E-state index contributed by atoms with van der Waals surface area (Å²) in [4.78, 5) is 27.8. The highest BCUT2D eigenvalue weighted by Gasteiger charge is 2.35. The van der Waals surface area contributed by atoms with Crippen LogP contribution in [0.25, 0.3) is 10.8 Å². The lowest BCUT2D eigenvalue weighted by atomic mass is 10.1. The summed E-state index contributed by atoms with van der Waals surface area (Å²) < 4.78 is 27.8. The summed E-state index contributed by atoms with van der Waals surface area (Å²) in [6, 6.07) is 15.0. The molecule has 3 aromatic carbocycles. The summed E-state index contributed by atoms with van der Waals surface area (Å²) in [5.74, 6) is -0.538. The number of nitrogens with zero attached hydrogens (tertiary/aromatic N) is 2. The number of likely N-dealkylation sites (N-methyl/N-ethyl adjacent to an activating group) is 1. The molecule has 1 N–H and O–H groups in total. The Kier molecular flexibility index (Phi) is 7.78. The van der Waals surface area contributed by atoms with E-state index in [4.69, 9.17) is 23.2 Å². The molecule has 190 valence electrons. The minimum Gasteiger partial charge on any atom is -0.357 e. The largest absolute Gasteiger partial charge is 0.357 e. The average Bonchev–Trinajstić information content (AvgIpc) is 3.08. The van der Waals surface area contributed by atoms with E-state index >= 15 is 0 Å². The van der Waals surface area contributed by atoms with E-state index in [0.29, 0.717) is 33.1 Å². The third-order valence-corrected chi connectivity index (χ3v) is 8.86. The van der Waals surface area contributed by atoms with Crippen molar-refractivity contribution in [1.82, 2.24) is 10.2 Å². The summed E-state index contributed by atoms with van der Waals surface area (Å²) in [6.07, 6.45) is 0.767. The third-order valence-electron chi connectivity index (χ3n) is 6.42. The second kappa shape index (κ2) is 10.7. The molecule has 2 amide bonds. The number of rotatable bonds is 9. The van der Waals surface area contributed by atoms with Gasteiger partial charge in [-0.25, -0.2) is 8.42 Å². The summed E-state index contributed by atoms with van der Waals surface area (Å²) >= 11 is 12.4. The minimum atomic E-state index is -3.70. The Morgan fingerprint density at radius 3 is 2.47 bits per heavy atom. The standard InChI is InChI=1S/C26H27Cl2N3O4S/c1-3-21(26(33)29-2)30(16-18-12-13-19(27)15-20(18)28)24(32)11-6-14-31-22-9-4-7-17-8-5-10-23(25(17)22)36(31,34)35/h4-5,7-10,12-13,15,21H,3,6,11,14,16H2,1-2H3,(H,29,33)/t21-/m1/s1. The van der Waals surface area contributed by atoms with E-state index in [1.54, 1.807) is 36.4 Å². The Labute approximate surface area is 221 Å². The molecule has 0 fully saturated rings. The average molecular weight is 548 g/mol. The first-order valence-electron chi connectivity index (χ1n) is 11.7. The molecule has 36 heavy (non-hydrogen) atoms. The van der Waals surface area contributed by atoms with Crippen molar-refractivity contribution >= 4 is 61.5 Å². The molecule has 1 heterocycles. The summed E-state index contributed by atoms with van der Waals surface area (Å²) in [6.45, 7) is 2.11. The summed E-state index contributed by atoms with van der Waals surface area (Å²) in [5, 5.41) is 5.06. The highest BCUT2D eigenvalue weighted by molar-refractivity contribution is 7.93. The number of carbonyl (C=O) groups excluding carboxylic acids is 2. The lowest BCUT2D eigenvalue weighted by molar-refractivity contribution is -0.141. The molecule has 0 aromatic heterocycles. The maximum atomic E-state index is 13.4.